The molecule has 0 bridgehead atoms. The number of benzene rings is 1. The van der Waals surface area contributed by atoms with Gasteiger partial charge >= 0.3 is 0 Å². The van der Waals surface area contributed by atoms with Crippen molar-refractivity contribution in [1.82, 2.24) is 9.71 Å². The fourth-order valence-electron chi connectivity index (χ4n) is 1.68. The van der Waals surface area contributed by atoms with Crippen LogP contribution in [0.4, 0.5) is 10.1 Å². The number of thiazole rings is 1. The third kappa shape index (κ3) is 3.14. The molecule has 2 rings (SSSR count). The zero-order valence-electron chi connectivity index (χ0n) is 11.0. The number of nitrogen functional groups attached to an aromatic ring is 1. The molecular weight excluding hydrogens is 301 g/mol. The Hall–Kier alpha value is -1.51. The van der Waals surface area contributed by atoms with Gasteiger partial charge < -0.3 is 5.73 Å². The summed E-state index contributed by atoms with van der Waals surface area (Å²) in [5.41, 5.74) is 5.96. The van der Waals surface area contributed by atoms with E-state index in [0.29, 0.717) is 5.01 Å². The van der Waals surface area contributed by atoms with Gasteiger partial charge in [-0.25, -0.2) is 22.5 Å². The highest BCUT2D eigenvalue weighted by atomic mass is 32.2. The molecule has 1 aromatic carbocycles. The number of sulfonamides is 1. The van der Waals surface area contributed by atoms with E-state index in [1.807, 2.05) is 6.92 Å². The Morgan fingerprint density at radius 1 is 1.40 bits per heavy atom. The van der Waals surface area contributed by atoms with Crippen molar-refractivity contribution in [2.24, 2.45) is 0 Å². The number of aromatic nitrogens is 1. The summed E-state index contributed by atoms with van der Waals surface area (Å²) in [5, 5.41) is 0.618. The Bertz CT molecular complexity index is 741. The second-order valence-electron chi connectivity index (χ2n) is 4.34. The van der Waals surface area contributed by atoms with E-state index >= 15 is 0 Å². The second-order valence-corrected chi connectivity index (χ2v) is 7.39. The largest absolute Gasteiger partial charge is 0.399 e. The van der Waals surface area contributed by atoms with Gasteiger partial charge in [-0.3, -0.25) is 0 Å². The van der Waals surface area contributed by atoms with E-state index in [-0.39, 0.29) is 17.8 Å². The topological polar surface area (TPSA) is 85.1 Å². The highest BCUT2D eigenvalue weighted by Gasteiger charge is 2.21. The van der Waals surface area contributed by atoms with Crippen molar-refractivity contribution in [3.05, 3.63) is 39.6 Å². The molecule has 0 aliphatic rings. The molecule has 0 saturated carbocycles. The van der Waals surface area contributed by atoms with E-state index in [4.69, 9.17) is 5.73 Å². The Labute approximate surface area is 120 Å². The van der Waals surface area contributed by atoms with Gasteiger partial charge in [0.1, 0.15) is 15.7 Å². The SMILES string of the molecule is Cc1cnc(CNS(=O)(=O)c2cc(N)cc(C)c2F)s1. The number of halogens is 1. The van der Waals surface area contributed by atoms with Crippen molar-refractivity contribution in [2.45, 2.75) is 25.3 Å². The molecule has 2 aromatic rings. The Morgan fingerprint density at radius 2 is 2.10 bits per heavy atom. The van der Waals surface area contributed by atoms with Gasteiger partial charge in [-0.05, 0) is 31.5 Å². The van der Waals surface area contributed by atoms with E-state index in [1.165, 1.54) is 24.3 Å². The number of nitrogens with one attached hydrogen (secondary N) is 1. The standard InChI is InChI=1S/C12H14FN3O2S2/c1-7-3-9(14)4-10(12(7)13)20(17,18)16-6-11-15-5-8(2)19-11/h3-5,16H,6,14H2,1-2H3. The molecule has 0 atom stereocenters. The van der Waals surface area contributed by atoms with Gasteiger partial charge in [0.15, 0.2) is 0 Å². The number of nitrogens with zero attached hydrogens (tertiary/aromatic N) is 1. The smallest absolute Gasteiger partial charge is 0.243 e. The molecule has 0 amide bonds. The lowest BCUT2D eigenvalue weighted by atomic mass is 10.2. The summed E-state index contributed by atoms with van der Waals surface area (Å²) in [4.78, 5) is 4.58. The summed E-state index contributed by atoms with van der Waals surface area (Å²) in [7, 11) is -3.96. The molecule has 0 saturated heterocycles. The fraction of sp³-hybridized carbons (Fsp3) is 0.250. The lowest BCUT2D eigenvalue weighted by molar-refractivity contribution is 0.553. The number of rotatable bonds is 4. The Kier molecular flexibility index (Phi) is 4.07. The summed E-state index contributed by atoms with van der Waals surface area (Å²) in [5.74, 6) is -0.790. The highest BCUT2D eigenvalue weighted by molar-refractivity contribution is 7.89. The van der Waals surface area contributed by atoms with Crippen LogP contribution in [0.5, 0.6) is 0 Å². The predicted octanol–water partition coefficient (Wildman–Crippen LogP) is 1.96. The minimum Gasteiger partial charge on any atom is -0.399 e. The number of nitrogens with two attached hydrogens (primary N) is 1. The Balaban J connectivity index is 2.27. The van der Waals surface area contributed by atoms with Crippen LogP contribution in [0, 0.1) is 19.7 Å². The van der Waals surface area contributed by atoms with Gasteiger partial charge in [-0.15, -0.1) is 11.3 Å². The van der Waals surface area contributed by atoms with Crippen LogP contribution in [0.1, 0.15) is 15.4 Å². The van der Waals surface area contributed by atoms with Crippen molar-refractivity contribution < 1.29 is 12.8 Å². The van der Waals surface area contributed by atoms with Crippen molar-refractivity contribution >= 4 is 27.0 Å². The molecular formula is C12H14FN3O2S2. The van der Waals surface area contributed by atoms with Crippen molar-refractivity contribution in [2.75, 3.05) is 5.73 Å². The number of anilines is 1. The number of aryl methyl sites for hydroxylation is 2. The summed E-state index contributed by atoms with van der Waals surface area (Å²) in [6.45, 7) is 3.36. The van der Waals surface area contributed by atoms with Crippen LogP contribution in [0.2, 0.25) is 0 Å². The molecule has 0 spiro atoms. The third-order valence-electron chi connectivity index (χ3n) is 2.62. The minimum atomic E-state index is -3.96. The van der Waals surface area contributed by atoms with Crippen LogP contribution in [-0.2, 0) is 16.6 Å². The molecule has 3 N–H and O–H groups in total. The zero-order chi connectivity index (χ0) is 14.9. The molecule has 1 heterocycles. The van der Waals surface area contributed by atoms with Crippen LogP contribution in [-0.4, -0.2) is 13.4 Å². The van der Waals surface area contributed by atoms with Crippen LogP contribution in [0.15, 0.2) is 23.2 Å². The van der Waals surface area contributed by atoms with E-state index in [2.05, 4.69) is 9.71 Å². The normalized spacial score (nSPS) is 11.8. The van der Waals surface area contributed by atoms with Crippen molar-refractivity contribution in [3.8, 4) is 0 Å². The van der Waals surface area contributed by atoms with Crippen LogP contribution in [0.25, 0.3) is 0 Å². The van der Waals surface area contributed by atoms with Gasteiger partial charge in [0.05, 0.1) is 6.54 Å². The van der Waals surface area contributed by atoms with Gasteiger partial charge in [0, 0.05) is 16.8 Å². The first kappa shape index (κ1) is 14.9. The molecule has 1 aromatic heterocycles. The second kappa shape index (κ2) is 5.47. The molecule has 108 valence electrons. The lowest BCUT2D eigenvalue weighted by Gasteiger charge is -2.09. The van der Waals surface area contributed by atoms with Crippen LogP contribution >= 0.6 is 11.3 Å². The maximum atomic E-state index is 13.9. The lowest BCUT2D eigenvalue weighted by Crippen LogP contribution is -2.24. The van der Waals surface area contributed by atoms with Gasteiger partial charge in [-0.1, -0.05) is 0 Å². The maximum absolute atomic E-state index is 13.9. The number of hydrogen-bond acceptors (Lipinski definition) is 5. The van der Waals surface area contributed by atoms with E-state index in [9.17, 15) is 12.8 Å². The molecule has 8 heteroatoms. The Morgan fingerprint density at radius 3 is 2.70 bits per heavy atom. The van der Waals surface area contributed by atoms with Crippen molar-refractivity contribution in [1.29, 1.82) is 0 Å². The molecule has 0 radical (unpaired) electrons. The number of hydrogen-bond donors (Lipinski definition) is 2. The first-order valence-corrected chi connectivity index (χ1v) is 8.06. The predicted molar refractivity (Wildman–Crippen MR) is 76.4 cm³/mol. The molecule has 5 nitrogen and oxygen atoms in total. The zero-order valence-corrected chi connectivity index (χ0v) is 12.6. The minimum absolute atomic E-state index is 0.0220. The summed E-state index contributed by atoms with van der Waals surface area (Å²) in [6.07, 6.45) is 1.65. The van der Waals surface area contributed by atoms with Crippen molar-refractivity contribution in [3.63, 3.8) is 0 Å². The first-order valence-electron chi connectivity index (χ1n) is 5.76. The summed E-state index contributed by atoms with van der Waals surface area (Å²) >= 11 is 1.38. The molecule has 20 heavy (non-hydrogen) atoms. The highest BCUT2D eigenvalue weighted by Crippen LogP contribution is 2.22. The average molecular weight is 315 g/mol. The maximum Gasteiger partial charge on any atom is 0.243 e. The van der Waals surface area contributed by atoms with Gasteiger partial charge in [0.2, 0.25) is 10.0 Å². The monoisotopic (exact) mass is 315 g/mol. The summed E-state index contributed by atoms with van der Waals surface area (Å²) in [6, 6.07) is 2.50. The van der Waals surface area contributed by atoms with Crippen LogP contribution < -0.4 is 10.5 Å². The average Bonchev–Trinajstić information content (AvgIpc) is 2.77. The fourth-order valence-corrected chi connectivity index (χ4v) is 3.67. The van der Waals surface area contributed by atoms with E-state index < -0.39 is 20.7 Å². The van der Waals surface area contributed by atoms with E-state index in [1.54, 1.807) is 6.20 Å². The first-order chi connectivity index (χ1) is 9.29. The van der Waals surface area contributed by atoms with Gasteiger partial charge in [-0.2, -0.15) is 0 Å². The molecule has 0 aliphatic carbocycles. The molecule has 0 aliphatic heterocycles. The van der Waals surface area contributed by atoms with E-state index in [0.717, 1.165) is 10.9 Å². The molecule has 0 unspecified atom stereocenters. The van der Waals surface area contributed by atoms with Gasteiger partial charge in [0.25, 0.3) is 0 Å². The summed E-state index contributed by atoms with van der Waals surface area (Å²) < 4.78 is 40.5. The van der Waals surface area contributed by atoms with Crippen LogP contribution in [0.3, 0.4) is 0 Å². The quantitative estimate of drug-likeness (QED) is 0.845. The third-order valence-corrected chi connectivity index (χ3v) is 4.93. The molecule has 0 fully saturated rings.